The molecule has 2 heteroatoms. The molecule has 4 aliphatic rings. The molecule has 4 saturated carbocycles. The van der Waals surface area contributed by atoms with Crippen molar-refractivity contribution in [1.29, 1.82) is 10.5 Å². The molecule has 0 aromatic heterocycles. The zero-order chi connectivity index (χ0) is 9.81. The van der Waals surface area contributed by atoms with Crippen molar-refractivity contribution >= 4 is 0 Å². The maximum atomic E-state index is 9.28. The van der Waals surface area contributed by atoms with Crippen molar-refractivity contribution in [2.24, 2.45) is 22.7 Å². The average molecular weight is 186 g/mol. The molecule has 4 aliphatic carbocycles. The normalized spacial score (nSPS) is 53.9. The molecule has 0 aromatic rings. The molecule has 0 saturated heterocycles. The zero-order valence-electron chi connectivity index (χ0n) is 8.29. The maximum absolute atomic E-state index is 9.28. The highest BCUT2D eigenvalue weighted by molar-refractivity contribution is 5.20. The van der Waals surface area contributed by atoms with Crippen LogP contribution in [0.15, 0.2) is 0 Å². The van der Waals surface area contributed by atoms with Crippen LogP contribution in [0.25, 0.3) is 0 Å². The van der Waals surface area contributed by atoms with Crippen LogP contribution < -0.4 is 0 Å². The first-order valence-corrected chi connectivity index (χ1v) is 5.52. The Hall–Kier alpha value is -1.02. The van der Waals surface area contributed by atoms with E-state index < -0.39 is 0 Å². The van der Waals surface area contributed by atoms with Gasteiger partial charge in [-0.1, -0.05) is 0 Å². The fourth-order valence-corrected chi connectivity index (χ4v) is 4.52. The van der Waals surface area contributed by atoms with Crippen molar-refractivity contribution in [3.63, 3.8) is 0 Å². The molecule has 2 nitrogen and oxygen atoms in total. The van der Waals surface area contributed by atoms with Gasteiger partial charge >= 0.3 is 0 Å². The monoisotopic (exact) mass is 186 g/mol. The molecule has 0 unspecified atom stereocenters. The largest absolute Gasteiger partial charge is 0.198 e. The molecule has 4 bridgehead atoms. The fourth-order valence-electron chi connectivity index (χ4n) is 4.52. The van der Waals surface area contributed by atoms with Crippen molar-refractivity contribution in [1.82, 2.24) is 0 Å². The zero-order valence-corrected chi connectivity index (χ0v) is 8.29. The SMILES string of the molecule is N#CC12CC3CC(C1)CC(C#N)(C3)C2. The Kier molecular flexibility index (Phi) is 1.37. The lowest BCUT2D eigenvalue weighted by Crippen LogP contribution is -2.50. The molecule has 0 spiro atoms. The molecule has 0 radical (unpaired) electrons. The maximum Gasteiger partial charge on any atom is 0.0690 e. The summed E-state index contributed by atoms with van der Waals surface area (Å²) in [4.78, 5) is 0. The smallest absolute Gasteiger partial charge is 0.0690 e. The molecule has 72 valence electrons. The van der Waals surface area contributed by atoms with E-state index in [9.17, 15) is 10.5 Å². The van der Waals surface area contributed by atoms with Crippen LogP contribution in [-0.4, -0.2) is 0 Å². The third-order valence-electron chi connectivity index (χ3n) is 4.54. The third kappa shape index (κ3) is 0.894. The van der Waals surface area contributed by atoms with Gasteiger partial charge in [0.2, 0.25) is 0 Å². The molecule has 0 atom stereocenters. The Bertz CT molecular complexity index is 311. The van der Waals surface area contributed by atoms with Crippen LogP contribution in [0.4, 0.5) is 0 Å². The van der Waals surface area contributed by atoms with E-state index in [2.05, 4.69) is 12.1 Å². The Balaban J connectivity index is 2.04. The predicted molar refractivity (Wildman–Crippen MR) is 50.8 cm³/mol. The first-order chi connectivity index (χ1) is 6.69. The summed E-state index contributed by atoms with van der Waals surface area (Å²) in [6.07, 6.45) is 6.44. The number of hydrogen-bond donors (Lipinski definition) is 0. The quantitative estimate of drug-likeness (QED) is 0.583. The Morgan fingerprint density at radius 3 is 1.64 bits per heavy atom. The van der Waals surface area contributed by atoms with Crippen molar-refractivity contribution in [2.45, 2.75) is 38.5 Å². The Labute approximate surface area is 84.5 Å². The minimum absolute atomic E-state index is 0.111. The highest BCUT2D eigenvalue weighted by atomic mass is 14.6. The van der Waals surface area contributed by atoms with Crippen LogP contribution in [0.5, 0.6) is 0 Å². The highest BCUT2D eigenvalue weighted by Gasteiger charge is 2.58. The van der Waals surface area contributed by atoms with E-state index in [1.165, 1.54) is 6.42 Å². The van der Waals surface area contributed by atoms with Gasteiger partial charge in [0.05, 0.1) is 23.0 Å². The number of hydrogen-bond acceptors (Lipinski definition) is 2. The van der Waals surface area contributed by atoms with Gasteiger partial charge in [-0.25, -0.2) is 0 Å². The summed E-state index contributed by atoms with van der Waals surface area (Å²) in [5, 5.41) is 18.6. The van der Waals surface area contributed by atoms with Crippen LogP contribution in [0.1, 0.15) is 38.5 Å². The first-order valence-electron chi connectivity index (χ1n) is 5.52. The van der Waals surface area contributed by atoms with Crippen molar-refractivity contribution in [3.05, 3.63) is 0 Å². The molecule has 0 aromatic carbocycles. The summed E-state index contributed by atoms with van der Waals surface area (Å²) in [6.45, 7) is 0. The van der Waals surface area contributed by atoms with Crippen LogP contribution in [0.3, 0.4) is 0 Å². The van der Waals surface area contributed by atoms with Crippen molar-refractivity contribution in [2.75, 3.05) is 0 Å². The standard InChI is InChI=1S/C12H14N2/c13-7-11-2-9-1-10(4-11)5-12(3-9,6-11)8-14/h9-10H,1-6H2. The van der Waals surface area contributed by atoms with E-state index in [4.69, 9.17) is 0 Å². The minimum atomic E-state index is -0.111. The molecule has 0 heterocycles. The lowest BCUT2D eigenvalue weighted by molar-refractivity contribution is -0.0543. The van der Waals surface area contributed by atoms with Crippen LogP contribution >= 0.6 is 0 Å². The lowest BCUT2D eigenvalue weighted by atomic mass is 9.45. The summed E-state index contributed by atoms with van der Waals surface area (Å²) < 4.78 is 0. The molecule has 0 amide bonds. The molecule has 0 N–H and O–H groups in total. The van der Waals surface area contributed by atoms with Crippen LogP contribution in [0.2, 0.25) is 0 Å². The van der Waals surface area contributed by atoms with Gasteiger partial charge in [0, 0.05) is 0 Å². The second-order valence-electron chi connectivity index (χ2n) is 5.75. The van der Waals surface area contributed by atoms with Crippen molar-refractivity contribution in [3.8, 4) is 12.1 Å². The molecule has 0 aliphatic heterocycles. The number of nitrogens with zero attached hydrogens (tertiary/aromatic N) is 2. The molecular formula is C12H14N2. The van der Waals surface area contributed by atoms with E-state index in [1.807, 2.05) is 0 Å². The Morgan fingerprint density at radius 2 is 1.29 bits per heavy atom. The highest BCUT2D eigenvalue weighted by Crippen LogP contribution is 2.64. The second-order valence-corrected chi connectivity index (χ2v) is 5.75. The van der Waals surface area contributed by atoms with Gasteiger partial charge in [0.25, 0.3) is 0 Å². The van der Waals surface area contributed by atoms with E-state index in [0.29, 0.717) is 11.8 Å². The van der Waals surface area contributed by atoms with Gasteiger partial charge in [-0.15, -0.1) is 0 Å². The van der Waals surface area contributed by atoms with Crippen LogP contribution in [0, 0.1) is 45.3 Å². The number of rotatable bonds is 0. The molecule has 4 rings (SSSR count). The van der Waals surface area contributed by atoms with E-state index in [-0.39, 0.29) is 10.8 Å². The number of nitriles is 2. The van der Waals surface area contributed by atoms with Crippen LogP contribution in [-0.2, 0) is 0 Å². The first kappa shape index (κ1) is 8.30. The van der Waals surface area contributed by atoms with Gasteiger partial charge in [0.1, 0.15) is 0 Å². The van der Waals surface area contributed by atoms with Crippen molar-refractivity contribution < 1.29 is 0 Å². The molecular weight excluding hydrogens is 172 g/mol. The average Bonchev–Trinajstić information content (AvgIpc) is 2.16. The third-order valence-corrected chi connectivity index (χ3v) is 4.54. The fraction of sp³-hybridized carbons (Fsp3) is 0.833. The topological polar surface area (TPSA) is 47.6 Å². The lowest BCUT2D eigenvalue weighted by Gasteiger charge is -2.57. The van der Waals surface area contributed by atoms with Gasteiger partial charge in [-0.05, 0) is 50.4 Å². The molecule has 4 fully saturated rings. The Morgan fingerprint density at radius 1 is 0.857 bits per heavy atom. The summed E-state index contributed by atoms with van der Waals surface area (Å²) in [5.74, 6) is 1.35. The van der Waals surface area contributed by atoms with Gasteiger partial charge < -0.3 is 0 Å². The molecule has 14 heavy (non-hydrogen) atoms. The summed E-state index contributed by atoms with van der Waals surface area (Å²) in [5.41, 5.74) is -0.223. The summed E-state index contributed by atoms with van der Waals surface area (Å²) in [6, 6.07) is 5.04. The predicted octanol–water partition coefficient (Wildman–Crippen LogP) is 2.62. The van der Waals surface area contributed by atoms with E-state index in [1.54, 1.807) is 0 Å². The second kappa shape index (κ2) is 2.31. The van der Waals surface area contributed by atoms with E-state index >= 15 is 0 Å². The van der Waals surface area contributed by atoms with Gasteiger partial charge in [-0.3, -0.25) is 0 Å². The summed E-state index contributed by atoms with van der Waals surface area (Å²) in [7, 11) is 0. The van der Waals surface area contributed by atoms with Gasteiger partial charge in [0.15, 0.2) is 0 Å². The van der Waals surface area contributed by atoms with Gasteiger partial charge in [-0.2, -0.15) is 10.5 Å². The summed E-state index contributed by atoms with van der Waals surface area (Å²) >= 11 is 0. The van der Waals surface area contributed by atoms with E-state index in [0.717, 1.165) is 32.1 Å². The minimum Gasteiger partial charge on any atom is -0.198 e.